The zero-order valence-electron chi connectivity index (χ0n) is 14.7. The second-order valence-electron chi connectivity index (χ2n) is 7.84. The van der Waals surface area contributed by atoms with E-state index in [2.05, 4.69) is 4.90 Å². The quantitative estimate of drug-likeness (QED) is 0.835. The number of hydrogen-bond acceptors (Lipinski definition) is 5. The molecule has 1 aromatic rings. The molecule has 0 N–H and O–H groups in total. The number of fused-ring (bicyclic) bond motifs is 6. The predicted molar refractivity (Wildman–Crippen MR) is 90.4 cm³/mol. The van der Waals surface area contributed by atoms with E-state index in [9.17, 15) is 4.79 Å². The molecule has 0 radical (unpaired) electrons. The first-order chi connectivity index (χ1) is 12.1. The Balaban J connectivity index is 1.39. The summed E-state index contributed by atoms with van der Waals surface area (Å²) in [7, 11) is 3.91. The summed E-state index contributed by atoms with van der Waals surface area (Å²) in [6.07, 6.45) is 3.06. The molecule has 25 heavy (non-hydrogen) atoms. The lowest BCUT2D eigenvalue weighted by molar-refractivity contribution is -0.136. The van der Waals surface area contributed by atoms with Crippen LogP contribution in [0, 0.1) is 11.8 Å². The first-order valence-electron chi connectivity index (χ1n) is 9.12. The molecule has 1 aromatic carbocycles. The van der Waals surface area contributed by atoms with E-state index in [0.29, 0.717) is 24.0 Å². The van der Waals surface area contributed by atoms with Gasteiger partial charge in [-0.25, -0.2) is 0 Å². The Kier molecular flexibility index (Phi) is 3.47. The highest BCUT2D eigenvalue weighted by molar-refractivity contribution is 5.84. The SMILES string of the molecule is CN(C)[C@H](C(=O)N1C[C@@H]2[C@H](C1)[C@H]1CC[C@@H]2O1)c1ccc2c(c1)OCO2. The van der Waals surface area contributed by atoms with Crippen LogP contribution in [-0.4, -0.2) is 61.9 Å². The molecule has 4 aliphatic heterocycles. The van der Waals surface area contributed by atoms with E-state index in [0.717, 1.165) is 43.0 Å². The molecule has 6 nitrogen and oxygen atoms in total. The number of likely N-dealkylation sites (N-methyl/N-ethyl adjacent to an activating group) is 1. The summed E-state index contributed by atoms with van der Waals surface area (Å²) in [6.45, 7) is 1.91. The van der Waals surface area contributed by atoms with Gasteiger partial charge in [-0.05, 0) is 44.6 Å². The van der Waals surface area contributed by atoms with Crippen molar-refractivity contribution in [1.29, 1.82) is 0 Å². The van der Waals surface area contributed by atoms with Crippen LogP contribution in [0.25, 0.3) is 0 Å². The molecule has 5 atom stereocenters. The summed E-state index contributed by atoms with van der Waals surface area (Å²) < 4.78 is 16.9. The van der Waals surface area contributed by atoms with Crippen LogP contribution in [0.5, 0.6) is 11.5 Å². The van der Waals surface area contributed by atoms with Gasteiger partial charge in [0.15, 0.2) is 11.5 Å². The van der Waals surface area contributed by atoms with Gasteiger partial charge in [0.25, 0.3) is 0 Å². The minimum atomic E-state index is -0.299. The third-order valence-electron chi connectivity index (χ3n) is 6.23. The second kappa shape index (κ2) is 5.61. The molecule has 2 bridgehead atoms. The van der Waals surface area contributed by atoms with Crippen LogP contribution in [-0.2, 0) is 9.53 Å². The molecule has 4 heterocycles. The lowest BCUT2D eigenvalue weighted by atomic mass is 9.82. The normalized spacial score (nSPS) is 33.2. The smallest absolute Gasteiger partial charge is 0.244 e. The molecule has 0 aromatic heterocycles. The number of rotatable bonds is 3. The predicted octanol–water partition coefficient (Wildman–Crippen LogP) is 1.65. The van der Waals surface area contributed by atoms with E-state index in [1.54, 1.807) is 0 Å². The molecule has 4 aliphatic rings. The number of ether oxygens (including phenoxy) is 3. The van der Waals surface area contributed by atoms with Gasteiger partial charge >= 0.3 is 0 Å². The van der Waals surface area contributed by atoms with Crippen LogP contribution in [0.2, 0.25) is 0 Å². The molecule has 1 amide bonds. The summed E-state index contributed by atoms with van der Waals surface area (Å²) in [6, 6.07) is 5.51. The zero-order valence-corrected chi connectivity index (χ0v) is 14.7. The van der Waals surface area contributed by atoms with Gasteiger partial charge in [0.1, 0.15) is 6.04 Å². The molecule has 0 spiro atoms. The minimum Gasteiger partial charge on any atom is -0.454 e. The Morgan fingerprint density at radius 1 is 1.12 bits per heavy atom. The van der Waals surface area contributed by atoms with Gasteiger partial charge in [-0.2, -0.15) is 0 Å². The molecule has 0 saturated carbocycles. The number of hydrogen-bond donors (Lipinski definition) is 0. The third kappa shape index (κ3) is 2.34. The second-order valence-corrected chi connectivity index (χ2v) is 7.84. The van der Waals surface area contributed by atoms with Crippen molar-refractivity contribution in [3.8, 4) is 11.5 Å². The minimum absolute atomic E-state index is 0.178. The van der Waals surface area contributed by atoms with Gasteiger partial charge in [-0.1, -0.05) is 6.07 Å². The average Bonchev–Trinajstić information content (AvgIpc) is 3.34. The van der Waals surface area contributed by atoms with E-state index < -0.39 is 0 Å². The van der Waals surface area contributed by atoms with Crippen LogP contribution in [0.4, 0.5) is 0 Å². The maximum Gasteiger partial charge on any atom is 0.244 e. The lowest BCUT2D eigenvalue weighted by Gasteiger charge is -2.29. The largest absolute Gasteiger partial charge is 0.454 e. The third-order valence-corrected chi connectivity index (χ3v) is 6.23. The van der Waals surface area contributed by atoms with Crippen molar-refractivity contribution < 1.29 is 19.0 Å². The van der Waals surface area contributed by atoms with Crippen LogP contribution in [0.15, 0.2) is 18.2 Å². The molecular weight excluding hydrogens is 320 g/mol. The Bertz CT molecular complexity index is 689. The van der Waals surface area contributed by atoms with Crippen molar-refractivity contribution in [2.75, 3.05) is 34.0 Å². The van der Waals surface area contributed by atoms with Crippen molar-refractivity contribution in [3.05, 3.63) is 23.8 Å². The fraction of sp³-hybridized carbons (Fsp3) is 0.632. The van der Waals surface area contributed by atoms with Crippen LogP contribution in [0.1, 0.15) is 24.4 Å². The highest BCUT2D eigenvalue weighted by Gasteiger charge is 2.54. The number of carbonyl (C=O) groups is 1. The number of amides is 1. The van der Waals surface area contributed by atoms with E-state index in [4.69, 9.17) is 14.2 Å². The van der Waals surface area contributed by atoms with Crippen molar-refractivity contribution in [2.24, 2.45) is 11.8 Å². The maximum atomic E-state index is 13.3. The van der Waals surface area contributed by atoms with Crippen LogP contribution >= 0.6 is 0 Å². The fourth-order valence-corrected chi connectivity index (χ4v) is 5.06. The number of nitrogens with zero attached hydrogens (tertiary/aromatic N) is 2. The standard InChI is InChI=1S/C19H24N2O4/c1-20(2)18(11-3-4-16-17(7-11)24-10-23-16)19(22)21-8-12-13(9-21)15-6-5-14(12)25-15/h3-4,7,12-15,18H,5-6,8-10H2,1-2H3/t12-,13+,14+,15-,18-/m0/s1. The van der Waals surface area contributed by atoms with E-state index in [-0.39, 0.29) is 18.7 Å². The average molecular weight is 344 g/mol. The molecule has 3 saturated heterocycles. The first kappa shape index (κ1) is 15.5. The molecule has 0 unspecified atom stereocenters. The molecule has 0 aliphatic carbocycles. The summed E-state index contributed by atoms with van der Waals surface area (Å²) in [5.41, 5.74) is 0.954. The lowest BCUT2D eigenvalue weighted by Crippen LogP contribution is -2.40. The van der Waals surface area contributed by atoms with Crippen molar-refractivity contribution >= 4 is 5.91 Å². The van der Waals surface area contributed by atoms with E-state index >= 15 is 0 Å². The number of carbonyl (C=O) groups excluding carboxylic acids is 1. The van der Waals surface area contributed by atoms with Gasteiger partial charge in [-0.3, -0.25) is 9.69 Å². The Labute approximate surface area is 147 Å². The van der Waals surface area contributed by atoms with Gasteiger partial charge in [0, 0.05) is 24.9 Å². The van der Waals surface area contributed by atoms with Gasteiger partial charge in [0.05, 0.1) is 12.2 Å². The van der Waals surface area contributed by atoms with Gasteiger partial charge < -0.3 is 19.1 Å². The van der Waals surface area contributed by atoms with E-state index in [1.807, 2.05) is 37.2 Å². The molecule has 134 valence electrons. The summed E-state index contributed by atoms with van der Waals surface area (Å²) in [5, 5.41) is 0. The summed E-state index contributed by atoms with van der Waals surface area (Å²) in [5.74, 6) is 2.71. The fourth-order valence-electron chi connectivity index (χ4n) is 5.06. The van der Waals surface area contributed by atoms with Crippen LogP contribution < -0.4 is 9.47 Å². The molecule has 6 heteroatoms. The maximum absolute atomic E-state index is 13.3. The van der Waals surface area contributed by atoms with Crippen molar-refractivity contribution in [2.45, 2.75) is 31.1 Å². The Morgan fingerprint density at radius 2 is 1.80 bits per heavy atom. The number of benzene rings is 1. The van der Waals surface area contributed by atoms with Gasteiger partial charge in [0.2, 0.25) is 12.7 Å². The molecular formula is C19H24N2O4. The Morgan fingerprint density at radius 3 is 2.48 bits per heavy atom. The summed E-state index contributed by atoms with van der Waals surface area (Å²) >= 11 is 0. The van der Waals surface area contributed by atoms with Gasteiger partial charge in [-0.15, -0.1) is 0 Å². The monoisotopic (exact) mass is 344 g/mol. The van der Waals surface area contributed by atoms with E-state index in [1.165, 1.54) is 0 Å². The topological polar surface area (TPSA) is 51.2 Å². The molecule has 3 fully saturated rings. The Hall–Kier alpha value is -1.79. The highest BCUT2D eigenvalue weighted by Crippen LogP contribution is 2.47. The number of likely N-dealkylation sites (tertiary alicyclic amines) is 1. The highest BCUT2D eigenvalue weighted by atomic mass is 16.7. The van der Waals surface area contributed by atoms with Crippen molar-refractivity contribution in [1.82, 2.24) is 9.80 Å². The molecule has 5 rings (SSSR count). The first-order valence-corrected chi connectivity index (χ1v) is 9.12. The van der Waals surface area contributed by atoms with Crippen LogP contribution in [0.3, 0.4) is 0 Å². The van der Waals surface area contributed by atoms with Crippen molar-refractivity contribution in [3.63, 3.8) is 0 Å². The zero-order chi connectivity index (χ0) is 17.1. The summed E-state index contributed by atoms with van der Waals surface area (Å²) in [4.78, 5) is 17.4.